The van der Waals surface area contributed by atoms with E-state index in [2.05, 4.69) is 109 Å². The van der Waals surface area contributed by atoms with Gasteiger partial charge in [0.1, 0.15) is 49.0 Å². The molecular formula is C88H85ClN16O20S5. The van der Waals surface area contributed by atoms with E-state index in [1.807, 2.05) is 66.9 Å². The van der Waals surface area contributed by atoms with Crippen molar-refractivity contribution >= 4 is 200 Å². The number of pyridine rings is 2. The quantitative estimate of drug-likeness (QED) is 0.0152. The summed E-state index contributed by atoms with van der Waals surface area (Å²) >= 11 is 12.5. The number of amides is 13. The number of rotatable bonds is 24. The Morgan fingerprint density at radius 3 is 1.47 bits per heavy atom. The summed E-state index contributed by atoms with van der Waals surface area (Å²) in [6, 6.07) is 39.3. The van der Waals surface area contributed by atoms with Crippen molar-refractivity contribution in [2.45, 2.75) is 71.6 Å². The third-order valence-electron chi connectivity index (χ3n) is 18.6. The summed E-state index contributed by atoms with van der Waals surface area (Å²) in [6.07, 6.45) is 7.10. The summed E-state index contributed by atoms with van der Waals surface area (Å²) in [5.74, 6) is 0.0295. The molecule has 2 fully saturated rings. The highest BCUT2D eigenvalue weighted by Crippen LogP contribution is 2.47. The first kappa shape index (κ1) is 97.4. The lowest BCUT2D eigenvalue weighted by atomic mass is 9.82. The van der Waals surface area contributed by atoms with Crippen LogP contribution in [0.5, 0.6) is 11.5 Å². The van der Waals surface area contributed by atoms with Gasteiger partial charge in [-0.3, -0.25) is 69.7 Å². The van der Waals surface area contributed by atoms with Gasteiger partial charge >= 0.3 is 30.5 Å². The number of methoxy groups -OCH3 is 2. The summed E-state index contributed by atoms with van der Waals surface area (Å²) in [5.41, 5.74) is 5.11. The molecule has 674 valence electrons. The minimum Gasteiger partial charge on any atom is -0.457 e. The van der Waals surface area contributed by atoms with Crippen LogP contribution in [0.2, 0.25) is 0 Å². The molecule has 9 heterocycles. The number of ether oxygens (including phenoxy) is 6. The highest BCUT2D eigenvalue weighted by molar-refractivity contribution is 7.16. The molecule has 0 spiro atoms. The van der Waals surface area contributed by atoms with Crippen LogP contribution in [0.15, 0.2) is 198 Å². The number of aromatic amines is 1. The van der Waals surface area contributed by atoms with E-state index in [4.69, 9.17) is 21.1 Å². The third-order valence-corrected chi connectivity index (χ3v) is 23.2. The monoisotopic (exact) mass is 1880 g/mol. The Bertz CT molecular complexity index is 6030. The van der Waals surface area contributed by atoms with Crippen LogP contribution in [0.3, 0.4) is 0 Å². The first-order valence-corrected chi connectivity index (χ1v) is 44.4. The Morgan fingerprint density at radius 1 is 0.438 bits per heavy atom. The lowest BCUT2D eigenvalue weighted by Crippen LogP contribution is -2.31. The maximum absolute atomic E-state index is 12.7. The van der Waals surface area contributed by atoms with Crippen LogP contribution in [-0.4, -0.2) is 153 Å². The van der Waals surface area contributed by atoms with Gasteiger partial charge in [-0.2, -0.15) is 0 Å². The SMILES string of the molecule is C=C(Nc1ccccn1)c1ccsc1CC(=O)c1ccnc(NC(=O)OC)c1.CCOC(=O)NC(=O)c1ccsc1NC(=O)C1CC2CCC(Cl)CC2C1.CCOC(=O)NC(=O)c1ccsc1NC(=O)c1ccc2nc(C)[nH]c2c1.CCOC(=O)NC(=O)c1ccsc1NC(=O)c1ncccn1.COC(=O)NC(=O)c1ccsc1NC(=O)c1ccc(Oc2ccccc2)cc1. The zero-order chi connectivity index (χ0) is 93.2. The fourth-order valence-electron chi connectivity index (χ4n) is 12.6. The zero-order valence-corrected chi connectivity index (χ0v) is 75.0. The van der Waals surface area contributed by atoms with E-state index in [0.717, 1.165) is 77.8 Å². The fourth-order valence-corrected chi connectivity index (χ4v) is 17.0. The van der Waals surface area contributed by atoms with Crippen molar-refractivity contribution in [3.05, 3.63) is 259 Å². The lowest BCUT2D eigenvalue weighted by molar-refractivity contribution is -0.119. The van der Waals surface area contributed by atoms with Gasteiger partial charge in [-0.25, -0.2) is 48.9 Å². The standard InChI is InChI=1S/C20H18N4O3S.C20H16N2O5S.C18H23ClN2O4S.C17H16N4O4S.C13H12N4O4S/c1-13(23-18-5-3-4-8-21-18)15-7-10-28-17(15)12-16(25)14-6-9-22-19(11-14)24-20(26)27-2;1-26-20(25)22-18(24)16-11-12-28-19(16)21-17(23)13-7-9-15(10-8-13)27-14-5-3-2-4-6-14;1-2-25-18(24)21-16(23)14-5-6-26-17(14)20-15(22)12-7-10-3-4-13(19)9-11(10)8-12;1-3-25-17(24)21-15(23)11-6-7-26-16(11)20-14(22)10-4-5-12-13(8-10)19-9(2)18-12;1-2-21-13(20)17-10(18)8-4-7-22-12(8)16-11(19)9-14-5-3-6-15-9/h3-11H,1,12H2,2H3,(H,21,23)(H,22,24,26);2-12H,1H3,(H,21,23)(H,22,24,25);5-6,10-13H,2-4,7-9H2,1H3,(H,20,22)(H,21,23,24);4-8H,3H2,1-2H3,(H,18,19)(H,20,22)(H,21,23,24);3-7H,2H2,1H3,(H,16,19)(H,17,18,20). The van der Waals surface area contributed by atoms with Crippen LogP contribution in [0, 0.1) is 24.7 Å². The van der Waals surface area contributed by atoms with Crippen molar-refractivity contribution in [3.8, 4) is 11.5 Å². The number of ketones is 1. The van der Waals surface area contributed by atoms with E-state index >= 15 is 0 Å². The number of alkyl halides is 1. The summed E-state index contributed by atoms with van der Waals surface area (Å²) < 4.78 is 28.6. The number of carbonyl (C=O) groups is 14. The lowest BCUT2D eigenvalue weighted by Gasteiger charge is -2.27. The summed E-state index contributed by atoms with van der Waals surface area (Å²) in [6.45, 7) is 11.3. The number of aryl methyl sites for hydroxylation is 1. The number of anilines is 6. The van der Waals surface area contributed by atoms with Gasteiger partial charge in [-0.05, 0) is 214 Å². The number of hydrogen-bond acceptors (Lipinski definition) is 31. The van der Waals surface area contributed by atoms with Crippen molar-refractivity contribution in [2.75, 3.05) is 65.9 Å². The van der Waals surface area contributed by atoms with E-state index in [-0.39, 0.29) is 94.9 Å². The van der Waals surface area contributed by atoms with E-state index in [0.29, 0.717) is 71.5 Å². The molecule has 0 radical (unpaired) electrons. The molecule has 36 nitrogen and oxygen atoms in total. The highest BCUT2D eigenvalue weighted by Gasteiger charge is 2.41. The molecule has 14 rings (SSSR count). The normalized spacial score (nSPS) is 13.6. The first-order valence-electron chi connectivity index (χ1n) is 39.6. The Balaban J connectivity index is 0.000000169. The van der Waals surface area contributed by atoms with Gasteiger partial charge < -0.3 is 60.0 Å². The van der Waals surface area contributed by atoms with Crippen LogP contribution in [0.1, 0.15) is 152 Å². The molecular weight excluding hydrogens is 1800 g/mol. The molecule has 3 aromatic carbocycles. The average molecular weight is 1880 g/mol. The molecule has 0 bridgehead atoms. The Morgan fingerprint density at radius 2 is 0.923 bits per heavy atom. The van der Waals surface area contributed by atoms with Crippen LogP contribution in [0.4, 0.5) is 55.6 Å². The number of halogens is 1. The molecule has 0 aliphatic heterocycles. The van der Waals surface area contributed by atoms with E-state index < -0.39 is 60.0 Å². The predicted molar refractivity (Wildman–Crippen MR) is 492 cm³/mol. The number of thiophene rings is 5. The molecule has 12 aromatic rings. The summed E-state index contributed by atoms with van der Waals surface area (Å²) in [4.78, 5) is 191. The second-order valence-corrected chi connectivity index (χ2v) is 32.6. The van der Waals surface area contributed by atoms with Crippen molar-refractivity contribution in [3.63, 3.8) is 0 Å². The zero-order valence-electron chi connectivity index (χ0n) is 70.2. The van der Waals surface area contributed by atoms with Gasteiger partial charge in [0.25, 0.3) is 41.4 Å². The number of Topliss-reactive ketones (excluding diaryl/α,β-unsaturated/α-hetero) is 1. The van der Waals surface area contributed by atoms with Crippen molar-refractivity contribution in [1.82, 2.24) is 51.2 Å². The number of carbonyl (C=O) groups excluding carboxylic acids is 14. The minimum absolute atomic E-state index is 0.0207. The Labute approximate surface area is 767 Å². The average Bonchev–Trinajstić information content (AvgIpc) is 1.67. The summed E-state index contributed by atoms with van der Waals surface area (Å²) in [5, 5.41) is 34.9. The van der Waals surface area contributed by atoms with Gasteiger partial charge in [0.05, 0.1) is 67.3 Å². The van der Waals surface area contributed by atoms with Gasteiger partial charge in [0, 0.05) is 75.3 Å². The van der Waals surface area contributed by atoms with Crippen LogP contribution < -0.4 is 57.9 Å². The van der Waals surface area contributed by atoms with Crippen molar-refractivity contribution < 1.29 is 95.5 Å². The van der Waals surface area contributed by atoms with Crippen LogP contribution in [0.25, 0.3) is 16.7 Å². The number of hydrogen-bond donors (Lipinski definition) is 11. The number of nitrogens with one attached hydrogen (secondary N) is 11. The smallest absolute Gasteiger partial charge is 0.414 e. The molecule has 130 heavy (non-hydrogen) atoms. The van der Waals surface area contributed by atoms with Gasteiger partial charge in [0.2, 0.25) is 11.7 Å². The number of benzene rings is 3. The molecule has 2 aliphatic rings. The molecule has 2 aliphatic carbocycles. The van der Waals surface area contributed by atoms with Crippen LogP contribution in [-0.2, 0) is 34.9 Å². The minimum atomic E-state index is -0.873. The Hall–Kier alpha value is -14.8. The largest absolute Gasteiger partial charge is 0.457 e. The number of aromatic nitrogens is 6. The number of imide groups is 4. The number of alkyl carbamates (subject to hydrolysis) is 4. The molecule has 11 N–H and O–H groups in total. The molecule has 4 unspecified atom stereocenters. The third kappa shape index (κ3) is 28.9. The molecule has 9 aromatic heterocycles. The van der Waals surface area contributed by atoms with Gasteiger partial charge in [-0.15, -0.1) is 68.3 Å². The number of H-pyrrole nitrogens is 1. The van der Waals surface area contributed by atoms with Gasteiger partial charge in [-0.1, -0.05) is 30.8 Å². The molecule has 0 saturated heterocycles. The number of fused-ring (bicyclic) bond motifs is 2. The maximum Gasteiger partial charge on any atom is 0.414 e. The Kier molecular flexibility index (Phi) is 36.6. The maximum atomic E-state index is 12.7. The van der Waals surface area contributed by atoms with E-state index in [1.54, 1.807) is 109 Å². The number of para-hydroxylation sites is 1. The van der Waals surface area contributed by atoms with Crippen LogP contribution >= 0.6 is 68.3 Å². The predicted octanol–water partition coefficient (Wildman–Crippen LogP) is 17.3. The fraction of sp³-hybridized carbons (Fsp3) is 0.216. The molecule has 42 heteroatoms. The van der Waals surface area contributed by atoms with E-state index in [1.165, 1.54) is 95.3 Å². The molecule has 13 amide bonds. The summed E-state index contributed by atoms with van der Waals surface area (Å²) in [7, 11) is 2.42. The number of imidazole rings is 1. The van der Waals surface area contributed by atoms with Crippen molar-refractivity contribution in [2.24, 2.45) is 17.8 Å². The van der Waals surface area contributed by atoms with Gasteiger partial charge in [0.15, 0.2) is 5.78 Å². The second kappa shape index (κ2) is 48.8. The highest BCUT2D eigenvalue weighted by atomic mass is 35.5. The van der Waals surface area contributed by atoms with E-state index in [9.17, 15) is 67.1 Å². The van der Waals surface area contributed by atoms with Crippen molar-refractivity contribution in [1.29, 1.82) is 0 Å². The first-order chi connectivity index (χ1) is 62.7. The number of nitrogens with zero attached hydrogens (tertiary/aromatic N) is 5. The molecule has 2 saturated carbocycles. The second-order valence-electron chi connectivity index (χ2n) is 27.4. The molecule has 4 atom stereocenters. The topological polar surface area (TPSA) is 495 Å².